The quantitative estimate of drug-likeness (QED) is 0.779. The number of rotatable bonds is 4. The van der Waals surface area contributed by atoms with Gasteiger partial charge < -0.3 is 15.3 Å². The summed E-state index contributed by atoms with van der Waals surface area (Å²) in [5.74, 6) is -0.305. The molecule has 0 aromatic heterocycles. The van der Waals surface area contributed by atoms with E-state index in [4.69, 9.17) is 0 Å². The molecule has 5 heteroatoms. The molecule has 0 bridgehead atoms. The van der Waals surface area contributed by atoms with Crippen LogP contribution in [0.15, 0.2) is 0 Å². The summed E-state index contributed by atoms with van der Waals surface area (Å²) < 4.78 is 0. The highest BCUT2D eigenvalue weighted by Gasteiger charge is 2.42. The van der Waals surface area contributed by atoms with Crippen LogP contribution in [0.5, 0.6) is 0 Å². The number of nitrogens with one attached hydrogen (secondary N) is 1. The van der Waals surface area contributed by atoms with Crippen LogP contribution in [0.4, 0.5) is 4.79 Å². The number of carbonyl (C=O) groups excluding carboxylic acids is 1. The largest absolute Gasteiger partial charge is 0.480 e. The van der Waals surface area contributed by atoms with Gasteiger partial charge in [0.05, 0.1) is 0 Å². The van der Waals surface area contributed by atoms with E-state index in [0.717, 1.165) is 25.7 Å². The van der Waals surface area contributed by atoms with E-state index in [2.05, 4.69) is 5.32 Å². The lowest BCUT2D eigenvalue weighted by Crippen LogP contribution is -2.58. The SMILES string of the molecule is CC(C1CC1)N(C)C(=O)NC1(C(=O)O)CCCCCC1. The first-order valence-corrected chi connectivity index (χ1v) is 7.75. The molecule has 1 atom stereocenters. The number of amides is 2. The maximum atomic E-state index is 12.4. The Balaban J connectivity index is 2.02. The molecule has 2 amide bonds. The summed E-state index contributed by atoms with van der Waals surface area (Å²) in [5, 5.41) is 12.4. The molecule has 20 heavy (non-hydrogen) atoms. The summed E-state index contributed by atoms with van der Waals surface area (Å²) in [6.07, 6.45) is 7.27. The summed E-state index contributed by atoms with van der Waals surface area (Å²) >= 11 is 0. The predicted molar refractivity (Wildman–Crippen MR) is 76.5 cm³/mol. The van der Waals surface area contributed by atoms with Crippen molar-refractivity contribution in [2.45, 2.75) is 69.9 Å². The number of carboxylic acid groups (broad SMARTS) is 1. The van der Waals surface area contributed by atoms with E-state index >= 15 is 0 Å². The highest BCUT2D eigenvalue weighted by atomic mass is 16.4. The highest BCUT2D eigenvalue weighted by molar-refractivity contribution is 5.86. The molecule has 0 spiro atoms. The maximum Gasteiger partial charge on any atom is 0.329 e. The monoisotopic (exact) mass is 282 g/mol. The second-order valence-electron chi connectivity index (χ2n) is 6.42. The van der Waals surface area contributed by atoms with Crippen molar-refractivity contribution in [2.75, 3.05) is 7.05 Å². The van der Waals surface area contributed by atoms with Crippen molar-refractivity contribution >= 4 is 12.0 Å². The minimum Gasteiger partial charge on any atom is -0.480 e. The van der Waals surface area contributed by atoms with Crippen molar-refractivity contribution in [3.8, 4) is 0 Å². The first kappa shape index (κ1) is 15.1. The molecule has 0 saturated heterocycles. The number of hydrogen-bond acceptors (Lipinski definition) is 2. The zero-order valence-electron chi connectivity index (χ0n) is 12.5. The number of urea groups is 1. The molecular formula is C15H26N2O3. The lowest BCUT2D eigenvalue weighted by Gasteiger charge is -2.33. The van der Waals surface area contributed by atoms with Gasteiger partial charge in [0.25, 0.3) is 0 Å². The van der Waals surface area contributed by atoms with Crippen LogP contribution >= 0.6 is 0 Å². The Morgan fingerprint density at radius 2 is 1.75 bits per heavy atom. The van der Waals surface area contributed by atoms with Crippen LogP contribution in [-0.4, -0.2) is 40.6 Å². The first-order chi connectivity index (χ1) is 9.46. The van der Waals surface area contributed by atoms with E-state index < -0.39 is 11.5 Å². The van der Waals surface area contributed by atoms with Gasteiger partial charge in [0.15, 0.2) is 0 Å². The third kappa shape index (κ3) is 3.25. The average Bonchev–Trinajstić information content (AvgIpc) is 3.24. The van der Waals surface area contributed by atoms with Crippen LogP contribution in [-0.2, 0) is 4.79 Å². The van der Waals surface area contributed by atoms with Crippen molar-refractivity contribution in [1.82, 2.24) is 10.2 Å². The fourth-order valence-corrected chi connectivity index (χ4v) is 3.10. The Morgan fingerprint density at radius 1 is 1.20 bits per heavy atom. The number of nitrogens with zero attached hydrogens (tertiary/aromatic N) is 1. The summed E-state index contributed by atoms with van der Waals surface area (Å²) in [6, 6.07) is -0.0553. The molecule has 2 rings (SSSR count). The molecule has 1 unspecified atom stereocenters. The van der Waals surface area contributed by atoms with Gasteiger partial charge in [-0.05, 0) is 38.5 Å². The minimum absolute atomic E-state index is 0.187. The molecule has 0 heterocycles. The second-order valence-corrected chi connectivity index (χ2v) is 6.42. The van der Waals surface area contributed by atoms with Gasteiger partial charge in [-0.15, -0.1) is 0 Å². The van der Waals surface area contributed by atoms with E-state index in [1.165, 1.54) is 12.8 Å². The molecular weight excluding hydrogens is 256 g/mol. The third-order valence-corrected chi connectivity index (χ3v) is 4.95. The highest BCUT2D eigenvalue weighted by Crippen LogP contribution is 2.35. The van der Waals surface area contributed by atoms with E-state index in [-0.39, 0.29) is 12.1 Å². The predicted octanol–water partition coefficient (Wildman–Crippen LogP) is 2.60. The van der Waals surface area contributed by atoms with Crippen molar-refractivity contribution < 1.29 is 14.7 Å². The average molecular weight is 282 g/mol. The zero-order valence-corrected chi connectivity index (χ0v) is 12.5. The maximum absolute atomic E-state index is 12.4. The molecule has 0 aliphatic heterocycles. The van der Waals surface area contributed by atoms with Gasteiger partial charge in [-0.3, -0.25) is 0 Å². The fourth-order valence-electron chi connectivity index (χ4n) is 3.10. The van der Waals surface area contributed by atoms with Crippen molar-refractivity contribution in [3.63, 3.8) is 0 Å². The Bertz CT molecular complexity index is 371. The van der Waals surface area contributed by atoms with Crippen LogP contribution in [0.3, 0.4) is 0 Å². The van der Waals surface area contributed by atoms with Crippen LogP contribution in [0.2, 0.25) is 0 Å². The summed E-state index contributed by atoms with van der Waals surface area (Å²) in [4.78, 5) is 25.7. The van der Waals surface area contributed by atoms with E-state index in [9.17, 15) is 14.7 Å². The normalized spacial score (nSPS) is 23.5. The van der Waals surface area contributed by atoms with Gasteiger partial charge in [-0.1, -0.05) is 25.7 Å². The topological polar surface area (TPSA) is 69.6 Å². The Hall–Kier alpha value is -1.26. The number of hydrogen-bond donors (Lipinski definition) is 2. The van der Waals surface area contributed by atoms with E-state index in [1.54, 1.807) is 11.9 Å². The van der Waals surface area contributed by atoms with Crippen LogP contribution < -0.4 is 5.32 Å². The standard InChI is InChI=1S/C15H26N2O3/c1-11(12-7-8-12)17(2)14(20)16-15(13(18)19)9-5-3-4-6-10-15/h11-12H,3-10H2,1-2H3,(H,16,20)(H,18,19). The molecule has 5 nitrogen and oxygen atoms in total. The second kappa shape index (κ2) is 6.02. The number of carbonyl (C=O) groups is 2. The fraction of sp³-hybridized carbons (Fsp3) is 0.867. The third-order valence-electron chi connectivity index (χ3n) is 4.95. The Kier molecular flexibility index (Phi) is 4.55. The molecule has 2 N–H and O–H groups in total. The lowest BCUT2D eigenvalue weighted by atomic mass is 9.90. The summed E-state index contributed by atoms with van der Waals surface area (Å²) in [6.45, 7) is 2.04. The molecule has 2 aliphatic carbocycles. The number of carboxylic acids is 1. The molecule has 114 valence electrons. The van der Waals surface area contributed by atoms with Crippen molar-refractivity contribution in [2.24, 2.45) is 5.92 Å². The molecule has 2 aliphatic rings. The van der Waals surface area contributed by atoms with Gasteiger partial charge in [0, 0.05) is 13.1 Å². The van der Waals surface area contributed by atoms with E-state index in [0.29, 0.717) is 18.8 Å². The molecule has 2 saturated carbocycles. The summed E-state index contributed by atoms with van der Waals surface area (Å²) in [5.41, 5.74) is -1.06. The van der Waals surface area contributed by atoms with Gasteiger partial charge in [-0.25, -0.2) is 9.59 Å². The molecule has 0 radical (unpaired) electrons. The van der Waals surface area contributed by atoms with Crippen LogP contribution in [0, 0.1) is 5.92 Å². The first-order valence-electron chi connectivity index (χ1n) is 7.75. The van der Waals surface area contributed by atoms with Gasteiger partial charge in [0.2, 0.25) is 0 Å². The van der Waals surface area contributed by atoms with E-state index in [1.807, 2.05) is 6.92 Å². The van der Waals surface area contributed by atoms with Gasteiger partial charge in [0.1, 0.15) is 5.54 Å². The molecule has 0 aromatic carbocycles. The van der Waals surface area contributed by atoms with Crippen molar-refractivity contribution in [3.05, 3.63) is 0 Å². The Labute approximate surface area is 120 Å². The minimum atomic E-state index is -1.06. The van der Waals surface area contributed by atoms with Gasteiger partial charge >= 0.3 is 12.0 Å². The molecule has 2 fully saturated rings. The Morgan fingerprint density at radius 3 is 2.20 bits per heavy atom. The lowest BCUT2D eigenvalue weighted by molar-refractivity contribution is -0.145. The van der Waals surface area contributed by atoms with Crippen LogP contribution in [0.25, 0.3) is 0 Å². The summed E-state index contributed by atoms with van der Waals surface area (Å²) in [7, 11) is 1.77. The smallest absolute Gasteiger partial charge is 0.329 e. The van der Waals surface area contributed by atoms with Crippen LogP contribution in [0.1, 0.15) is 58.3 Å². The van der Waals surface area contributed by atoms with Crippen molar-refractivity contribution in [1.29, 1.82) is 0 Å². The zero-order chi connectivity index (χ0) is 14.8. The number of aliphatic carboxylic acids is 1. The molecule has 0 aromatic rings. The van der Waals surface area contributed by atoms with Gasteiger partial charge in [-0.2, -0.15) is 0 Å².